The molecule has 1 aliphatic heterocycles. The van der Waals surface area contributed by atoms with Crippen molar-refractivity contribution in [2.45, 2.75) is 70.4 Å². The minimum atomic E-state index is -0.155. The van der Waals surface area contributed by atoms with E-state index < -0.39 is 0 Å². The zero-order valence-electron chi connectivity index (χ0n) is 17.1. The smallest absolute Gasteiger partial charge is 0.258 e. The highest BCUT2D eigenvalue weighted by Gasteiger charge is 2.24. The number of carbonyl (C=O) groups excluding carboxylic acids is 1. The summed E-state index contributed by atoms with van der Waals surface area (Å²) < 4.78 is 5.77. The van der Waals surface area contributed by atoms with Crippen molar-refractivity contribution in [1.82, 2.24) is 14.9 Å². The van der Waals surface area contributed by atoms with Gasteiger partial charge in [0.05, 0.1) is 23.6 Å². The summed E-state index contributed by atoms with van der Waals surface area (Å²) >= 11 is 0. The number of nitrogens with zero attached hydrogens (tertiary/aromatic N) is 2. The molecule has 6 heteroatoms. The van der Waals surface area contributed by atoms with E-state index in [1.165, 1.54) is 32.1 Å². The van der Waals surface area contributed by atoms with E-state index >= 15 is 0 Å². The monoisotopic (exact) mass is 397 g/mol. The summed E-state index contributed by atoms with van der Waals surface area (Å²) in [5, 5.41) is 0.575. The molecular formula is C23H31N3O3. The maximum Gasteiger partial charge on any atom is 0.258 e. The largest absolute Gasteiger partial charge is 0.376 e. The van der Waals surface area contributed by atoms with Crippen LogP contribution in [0.3, 0.4) is 0 Å². The van der Waals surface area contributed by atoms with Gasteiger partial charge < -0.3 is 14.6 Å². The molecule has 2 aliphatic rings. The quantitative estimate of drug-likeness (QED) is 0.771. The molecule has 1 atom stereocenters. The van der Waals surface area contributed by atoms with Crippen molar-refractivity contribution in [3.8, 4) is 0 Å². The number of fused-ring (bicyclic) bond motifs is 1. The van der Waals surface area contributed by atoms with E-state index in [0.29, 0.717) is 42.2 Å². The first-order chi connectivity index (χ1) is 14.2. The van der Waals surface area contributed by atoms with E-state index in [0.717, 1.165) is 25.9 Å². The molecule has 0 unspecified atom stereocenters. The molecule has 2 fully saturated rings. The van der Waals surface area contributed by atoms with Gasteiger partial charge in [-0.25, -0.2) is 4.98 Å². The van der Waals surface area contributed by atoms with Crippen molar-refractivity contribution in [2.75, 3.05) is 13.2 Å². The van der Waals surface area contributed by atoms with Crippen molar-refractivity contribution in [1.29, 1.82) is 0 Å². The van der Waals surface area contributed by atoms with E-state index in [4.69, 9.17) is 4.74 Å². The minimum absolute atomic E-state index is 0.0841. The number of carbonyl (C=O) groups is 1. The van der Waals surface area contributed by atoms with E-state index in [1.807, 2.05) is 23.1 Å². The average molecular weight is 398 g/mol. The molecule has 1 N–H and O–H groups in total. The van der Waals surface area contributed by atoms with Gasteiger partial charge in [-0.3, -0.25) is 9.59 Å². The van der Waals surface area contributed by atoms with Gasteiger partial charge in [0.15, 0.2) is 0 Å². The number of para-hydroxylation sites is 1. The van der Waals surface area contributed by atoms with Gasteiger partial charge in [-0.05, 0) is 37.3 Å². The molecule has 1 aromatic heterocycles. The molecule has 0 bridgehead atoms. The van der Waals surface area contributed by atoms with E-state index in [9.17, 15) is 9.59 Å². The summed E-state index contributed by atoms with van der Waals surface area (Å²) in [7, 11) is 0. The van der Waals surface area contributed by atoms with Crippen molar-refractivity contribution in [2.24, 2.45) is 5.92 Å². The molecule has 1 aromatic carbocycles. The Bertz CT molecular complexity index is 882. The number of rotatable bonds is 7. The van der Waals surface area contributed by atoms with Crippen molar-refractivity contribution < 1.29 is 9.53 Å². The number of hydrogen-bond donors (Lipinski definition) is 1. The summed E-state index contributed by atoms with van der Waals surface area (Å²) in [4.78, 5) is 34.8. The Morgan fingerprint density at radius 3 is 2.76 bits per heavy atom. The van der Waals surface area contributed by atoms with Gasteiger partial charge in [-0.15, -0.1) is 0 Å². The Hall–Kier alpha value is -2.21. The molecule has 1 saturated carbocycles. The number of hydrogen-bond acceptors (Lipinski definition) is 4. The second-order valence-corrected chi connectivity index (χ2v) is 8.48. The van der Waals surface area contributed by atoms with Crippen LogP contribution in [0.25, 0.3) is 10.9 Å². The van der Waals surface area contributed by atoms with Crippen LogP contribution in [0.2, 0.25) is 0 Å². The highest BCUT2D eigenvalue weighted by Crippen LogP contribution is 2.27. The van der Waals surface area contributed by atoms with Crippen LogP contribution in [-0.4, -0.2) is 40.0 Å². The van der Waals surface area contributed by atoms with Crippen molar-refractivity contribution in [3.05, 3.63) is 40.4 Å². The number of H-pyrrole nitrogens is 1. The predicted molar refractivity (Wildman–Crippen MR) is 113 cm³/mol. The predicted octanol–water partition coefficient (Wildman–Crippen LogP) is 3.79. The topological polar surface area (TPSA) is 75.3 Å². The Labute approximate surface area is 171 Å². The van der Waals surface area contributed by atoms with Crippen LogP contribution in [-0.2, 0) is 16.1 Å². The molecule has 6 nitrogen and oxygen atoms in total. The lowest BCUT2D eigenvalue weighted by atomic mass is 9.86. The van der Waals surface area contributed by atoms with Gasteiger partial charge in [0.1, 0.15) is 5.82 Å². The van der Waals surface area contributed by atoms with Crippen LogP contribution < -0.4 is 5.56 Å². The van der Waals surface area contributed by atoms with Gasteiger partial charge in [0, 0.05) is 19.6 Å². The number of aromatic amines is 1. The first-order valence-electron chi connectivity index (χ1n) is 11.1. The lowest BCUT2D eigenvalue weighted by Gasteiger charge is -2.27. The molecule has 4 rings (SSSR count). The van der Waals surface area contributed by atoms with Gasteiger partial charge in [0.2, 0.25) is 5.91 Å². The fourth-order valence-corrected chi connectivity index (χ4v) is 4.64. The Morgan fingerprint density at radius 1 is 1.14 bits per heavy atom. The maximum atomic E-state index is 13.1. The highest BCUT2D eigenvalue weighted by molar-refractivity contribution is 5.78. The second kappa shape index (κ2) is 9.53. The molecule has 0 spiro atoms. The number of aromatic nitrogens is 2. The van der Waals surface area contributed by atoms with Gasteiger partial charge in [0.25, 0.3) is 5.56 Å². The van der Waals surface area contributed by atoms with Crippen molar-refractivity contribution >= 4 is 16.8 Å². The number of nitrogens with one attached hydrogen (secondary N) is 1. The Morgan fingerprint density at radius 2 is 1.97 bits per heavy atom. The van der Waals surface area contributed by atoms with Crippen LogP contribution >= 0.6 is 0 Å². The van der Waals surface area contributed by atoms with Crippen LogP contribution in [0, 0.1) is 5.92 Å². The first-order valence-corrected chi connectivity index (χ1v) is 11.1. The molecule has 156 valence electrons. The molecule has 29 heavy (non-hydrogen) atoms. The molecule has 2 heterocycles. The minimum Gasteiger partial charge on any atom is -0.376 e. The van der Waals surface area contributed by atoms with Crippen LogP contribution in [0.15, 0.2) is 29.1 Å². The lowest BCUT2D eigenvalue weighted by molar-refractivity contribution is -0.134. The van der Waals surface area contributed by atoms with Crippen LogP contribution in [0.5, 0.6) is 0 Å². The van der Waals surface area contributed by atoms with Crippen LogP contribution in [0.4, 0.5) is 0 Å². The van der Waals surface area contributed by atoms with Gasteiger partial charge in [-0.1, -0.05) is 44.2 Å². The summed E-state index contributed by atoms with van der Waals surface area (Å²) in [6.45, 7) is 1.66. The van der Waals surface area contributed by atoms with E-state index in [2.05, 4.69) is 9.97 Å². The summed E-state index contributed by atoms with van der Waals surface area (Å²) in [5.74, 6) is 1.36. The molecule has 1 aliphatic carbocycles. The molecule has 2 aromatic rings. The lowest BCUT2D eigenvalue weighted by Crippen LogP contribution is -2.38. The Balaban J connectivity index is 1.47. The number of ether oxygens (including phenoxy) is 1. The third-order valence-corrected chi connectivity index (χ3v) is 6.29. The Kier molecular flexibility index (Phi) is 6.60. The molecule has 1 saturated heterocycles. The standard InChI is InChI=1S/C23H31N3O3/c27-22(13-12-17-7-2-1-3-8-17)26(15-18-9-6-14-29-18)16-21-24-20-11-5-4-10-19(20)23(28)25-21/h4-5,10-11,17-18H,1-3,6-9,12-16H2,(H,24,25,28)/t18-/m1/s1. The highest BCUT2D eigenvalue weighted by atomic mass is 16.5. The summed E-state index contributed by atoms with van der Waals surface area (Å²) in [6, 6.07) is 7.31. The summed E-state index contributed by atoms with van der Waals surface area (Å²) in [5.41, 5.74) is 0.510. The fraction of sp³-hybridized carbons (Fsp3) is 0.609. The number of amides is 1. The zero-order valence-corrected chi connectivity index (χ0v) is 17.1. The first kappa shape index (κ1) is 20.1. The SMILES string of the molecule is O=C(CCC1CCCCC1)N(Cc1nc2ccccc2c(=O)[nH]1)C[C@H]1CCCO1. The molecule has 1 amide bonds. The van der Waals surface area contributed by atoms with Gasteiger partial charge in [-0.2, -0.15) is 0 Å². The normalized spacial score (nSPS) is 20.2. The van der Waals surface area contributed by atoms with E-state index in [-0.39, 0.29) is 17.6 Å². The average Bonchev–Trinajstić information content (AvgIpc) is 3.25. The van der Waals surface area contributed by atoms with Gasteiger partial charge >= 0.3 is 0 Å². The number of benzene rings is 1. The molecular weight excluding hydrogens is 366 g/mol. The van der Waals surface area contributed by atoms with Crippen LogP contribution in [0.1, 0.15) is 63.6 Å². The fourth-order valence-electron chi connectivity index (χ4n) is 4.64. The maximum absolute atomic E-state index is 13.1. The molecule has 0 radical (unpaired) electrons. The third kappa shape index (κ3) is 5.24. The second-order valence-electron chi connectivity index (χ2n) is 8.48. The van der Waals surface area contributed by atoms with Crippen molar-refractivity contribution in [3.63, 3.8) is 0 Å². The third-order valence-electron chi connectivity index (χ3n) is 6.29. The van der Waals surface area contributed by atoms with E-state index in [1.54, 1.807) is 6.07 Å². The zero-order chi connectivity index (χ0) is 20.1. The summed E-state index contributed by atoms with van der Waals surface area (Å²) in [6.07, 6.45) is 10.0.